The van der Waals surface area contributed by atoms with E-state index in [-0.39, 0.29) is 11.9 Å². The number of methoxy groups -OCH3 is 1. The van der Waals surface area contributed by atoms with E-state index in [4.69, 9.17) is 10.5 Å². The lowest BCUT2D eigenvalue weighted by Crippen LogP contribution is -2.27. The van der Waals surface area contributed by atoms with Gasteiger partial charge in [0.25, 0.3) is 5.91 Å². The highest BCUT2D eigenvalue weighted by atomic mass is 79.9. The van der Waals surface area contributed by atoms with E-state index < -0.39 is 0 Å². The van der Waals surface area contributed by atoms with Gasteiger partial charge < -0.3 is 15.8 Å². The number of nitrogens with one attached hydrogen (secondary N) is 1. The number of amides is 1. The molecule has 0 spiro atoms. The molecule has 0 radical (unpaired) electrons. The average molecular weight is 349 g/mol. The van der Waals surface area contributed by atoms with Gasteiger partial charge in [0.1, 0.15) is 5.75 Å². The number of ether oxygens (including phenoxy) is 1. The fourth-order valence-electron chi connectivity index (χ4n) is 2.01. The smallest absolute Gasteiger partial charge is 0.253 e. The summed E-state index contributed by atoms with van der Waals surface area (Å²) < 4.78 is 6.03. The molecule has 0 aliphatic carbocycles. The van der Waals surface area contributed by atoms with Crippen molar-refractivity contribution in [2.75, 3.05) is 12.8 Å². The lowest BCUT2D eigenvalue weighted by Gasteiger charge is -2.16. The Morgan fingerprint density at radius 3 is 2.71 bits per heavy atom. The van der Waals surface area contributed by atoms with Crippen molar-refractivity contribution in [3.8, 4) is 5.75 Å². The molecule has 0 unspecified atom stereocenters. The van der Waals surface area contributed by atoms with Crippen LogP contribution in [0.4, 0.5) is 5.69 Å². The van der Waals surface area contributed by atoms with Crippen molar-refractivity contribution in [3.05, 3.63) is 58.1 Å². The van der Waals surface area contributed by atoms with Crippen LogP contribution in [0.2, 0.25) is 0 Å². The summed E-state index contributed by atoms with van der Waals surface area (Å²) in [6.07, 6.45) is 0. The molecule has 0 bridgehead atoms. The van der Waals surface area contributed by atoms with Crippen molar-refractivity contribution in [1.29, 1.82) is 0 Å². The first kappa shape index (κ1) is 15.4. The maximum Gasteiger partial charge on any atom is 0.253 e. The van der Waals surface area contributed by atoms with Crippen LogP contribution < -0.4 is 15.8 Å². The number of halogens is 1. The number of hydrogen-bond donors (Lipinski definition) is 2. The molecular weight excluding hydrogens is 332 g/mol. The van der Waals surface area contributed by atoms with Gasteiger partial charge in [-0.25, -0.2) is 0 Å². The number of rotatable bonds is 4. The molecule has 2 rings (SSSR count). The van der Waals surface area contributed by atoms with Crippen LogP contribution in [0.1, 0.15) is 28.9 Å². The van der Waals surface area contributed by atoms with Gasteiger partial charge in [0.2, 0.25) is 0 Å². The Labute approximate surface area is 132 Å². The monoisotopic (exact) mass is 348 g/mol. The van der Waals surface area contributed by atoms with Gasteiger partial charge in [-0.15, -0.1) is 0 Å². The zero-order chi connectivity index (χ0) is 15.4. The maximum atomic E-state index is 12.3. The molecule has 0 aliphatic rings. The number of anilines is 1. The second kappa shape index (κ2) is 6.63. The fourth-order valence-corrected chi connectivity index (χ4v) is 2.39. The van der Waals surface area contributed by atoms with Crippen LogP contribution in [-0.4, -0.2) is 13.0 Å². The third kappa shape index (κ3) is 3.76. The maximum absolute atomic E-state index is 12.3. The van der Waals surface area contributed by atoms with Crippen LogP contribution in [0.5, 0.6) is 5.75 Å². The van der Waals surface area contributed by atoms with E-state index in [1.807, 2.05) is 31.2 Å². The van der Waals surface area contributed by atoms with E-state index in [0.29, 0.717) is 11.3 Å². The predicted octanol–water partition coefficient (Wildman–Crippen LogP) is 3.53. The summed E-state index contributed by atoms with van der Waals surface area (Å²) >= 11 is 3.32. The van der Waals surface area contributed by atoms with Gasteiger partial charge in [-0.3, -0.25) is 4.79 Å². The third-order valence-corrected chi connectivity index (χ3v) is 3.69. The van der Waals surface area contributed by atoms with Gasteiger partial charge in [0, 0.05) is 10.2 Å². The Bertz CT molecular complexity index is 658. The van der Waals surface area contributed by atoms with E-state index in [2.05, 4.69) is 21.2 Å². The van der Waals surface area contributed by atoms with Gasteiger partial charge >= 0.3 is 0 Å². The van der Waals surface area contributed by atoms with Crippen LogP contribution >= 0.6 is 15.9 Å². The van der Waals surface area contributed by atoms with Gasteiger partial charge in [-0.1, -0.05) is 28.1 Å². The van der Waals surface area contributed by atoms with Crippen LogP contribution in [0.15, 0.2) is 46.9 Å². The van der Waals surface area contributed by atoms with Crippen molar-refractivity contribution in [2.45, 2.75) is 13.0 Å². The molecule has 5 heteroatoms. The summed E-state index contributed by atoms with van der Waals surface area (Å²) in [7, 11) is 1.62. The highest BCUT2D eigenvalue weighted by molar-refractivity contribution is 9.10. The molecule has 0 heterocycles. The molecule has 0 fully saturated rings. The Kier molecular flexibility index (Phi) is 4.85. The third-order valence-electron chi connectivity index (χ3n) is 3.20. The van der Waals surface area contributed by atoms with Crippen molar-refractivity contribution in [1.82, 2.24) is 5.32 Å². The second-order valence-electron chi connectivity index (χ2n) is 4.70. The Morgan fingerprint density at radius 1 is 1.29 bits per heavy atom. The first-order valence-electron chi connectivity index (χ1n) is 6.51. The Hall–Kier alpha value is -2.01. The highest BCUT2D eigenvalue weighted by Crippen LogP contribution is 2.21. The molecule has 1 atom stereocenters. The number of hydrogen-bond acceptors (Lipinski definition) is 3. The quantitative estimate of drug-likeness (QED) is 0.830. The SMILES string of the molecule is COc1cccc([C@@H](C)NC(=O)c2ccc(Br)cc2N)c1. The highest BCUT2D eigenvalue weighted by Gasteiger charge is 2.14. The van der Waals surface area contributed by atoms with Crippen LogP contribution in [0, 0.1) is 0 Å². The first-order chi connectivity index (χ1) is 10.0. The second-order valence-corrected chi connectivity index (χ2v) is 5.62. The van der Waals surface area contributed by atoms with Crippen molar-refractivity contribution in [2.24, 2.45) is 0 Å². The van der Waals surface area contributed by atoms with E-state index in [0.717, 1.165) is 15.8 Å². The van der Waals surface area contributed by atoms with Gasteiger partial charge in [-0.2, -0.15) is 0 Å². The number of carbonyl (C=O) groups excluding carboxylic acids is 1. The molecule has 0 aliphatic heterocycles. The van der Waals surface area contributed by atoms with Gasteiger partial charge in [0.05, 0.1) is 18.7 Å². The molecule has 0 aromatic heterocycles. The number of carbonyl (C=O) groups is 1. The summed E-state index contributed by atoms with van der Waals surface area (Å²) in [5, 5.41) is 2.93. The summed E-state index contributed by atoms with van der Waals surface area (Å²) in [4.78, 5) is 12.3. The Morgan fingerprint density at radius 2 is 2.05 bits per heavy atom. The van der Waals surface area contributed by atoms with E-state index >= 15 is 0 Å². The number of nitrogens with two attached hydrogens (primary N) is 1. The molecule has 3 N–H and O–H groups in total. The molecule has 1 amide bonds. The summed E-state index contributed by atoms with van der Waals surface area (Å²) in [5.74, 6) is 0.562. The minimum Gasteiger partial charge on any atom is -0.497 e. The van der Waals surface area contributed by atoms with Crippen molar-refractivity contribution < 1.29 is 9.53 Å². The van der Waals surface area contributed by atoms with E-state index in [9.17, 15) is 4.79 Å². The lowest BCUT2D eigenvalue weighted by atomic mass is 10.1. The van der Waals surface area contributed by atoms with E-state index in [1.165, 1.54) is 0 Å². The van der Waals surface area contributed by atoms with Crippen molar-refractivity contribution >= 4 is 27.5 Å². The molecule has 110 valence electrons. The first-order valence-corrected chi connectivity index (χ1v) is 7.30. The summed E-state index contributed by atoms with van der Waals surface area (Å²) in [5.41, 5.74) is 7.75. The molecule has 2 aromatic carbocycles. The van der Waals surface area contributed by atoms with Crippen LogP contribution in [-0.2, 0) is 0 Å². The van der Waals surface area contributed by atoms with Crippen molar-refractivity contribution in [3.63, 3.8) is 0 Å². The molecule has 4 nitrogen and oxygen atoms in total. The minimum atomic E-state index is -0.199. The predicted molar refractivity (Wildman–Crippen MR) is 87.4 cm³/mol. The normalized spacial score (nSPS) is 11.8. The molecule has 0 saturated heterocycles. The van der Waals surface area contributed by atoms with E-state index in [1.54, 1.807) is 25.3 Å². The van der Waals surface area contributed by atoms with Gasteiger partial charge in [-0.05, 0) is 42.8 Å². The van der Waals surface area contributed by atoms with Crippen LogP contribution in [0.3, 0.4) is 0 Å². The largest absolute Gasteiger partial charge is 0.497 e. The number of nitrogen functional groups attached to an aromatic ring is 1. The topological polar surface area (TPSA) is 64.3 Å². The molecular formula is C16H17BrN2O2. The summed E-state index contributed by atoms with van der Waals surface area (Å²) in [6.45, 7) is 1.92. The standard InChI is InChI=1S/C16H17BrN2O2/c1-10(11-4-3-5-13(8-11)21-2)19-16(20)14-7-6-12(17)9-15(14)18/h3-10H,18H2,1-2H3,(H,19,20)/t10-/m1/s1. The average Bonchev–Trinajstić information content (AvgIpc) is 2.47. The minimum absolute atomic E-state index is 0.143. The molecule has 2 aromatic rings. The lowest BCUT2D eigenvalue weighted by molar-refractivity contribution is 0.0940. The van der Waals surface area contributed by atoms with Crippen LogP contribution in [0.25, 0.3) is 0 Å². The zero-order valence-electron chi connectivity index (χ0n) is 11.9. The zero-order valence-corrected chi connectivity index (χ0v) is 13.5. The van der Waals surface area contributed by atoms with Gasteiger partial charge in [0.15, 0.2) is 0 Å². The summed E-state index contributed by atoms with van der Waals surface area (Å²) in [6, 6.07) is 12.7. The number of benzene rings is 2. The molecule has 21 heavy (non-hydrogen) atoms. The molecule has 0 saturated carbocycles. The Balaban J connectivity index is 2.14. The fraction of sp³-hybridized carbons (Fsp3) is 0.188.